The first kappa shape index (κ1) is 18.1. The van der Waals surface area contributed by atoms with Gasteiger partial charge in [0.15, 0.2) is 0 Å². The number of likely N-dealkylation sites (tertiary alicyclic amines) is 1. The second kappa shape index (κ2) is 8.12. The molecule has 1 saturated heterocycles. The highest BCUT2D eigenvalue weighted by Crippen LogP contribution is 2.18. The summed E-state index contributed by atoms with van der Waals surface area (Å²) in [5.74, 6) is 0.641. The van der Waals surface area contributed by atoms with Gasteiger partial charge in [0.2, 0.25) is 23.6 Å². The van der Waals surface area contributed by atoms with E-state index >= 15 is 0 Å². The highest BCUT2D eigenvalue weighted by molar-refractivity contribution is 5.87. The highest BCUT2D eigenvalue weighted by Gasteiger charge is 2.24. The summed E-state index contributed by atoms with van der Waals surface area (Å²) in [6.45, 7) is 5.30. The van der Waals surface area contributed by atoms with Crippen molar-refractivity contribution in [3.63, 3.8) is 0 Å². The van der Waals surface area contributed by atoms with Gasteiger partial charge in [-0.2, -0.15) is 0 Å². The molecule has 0 unspecified atom stereocenters. The Morgan fingerprint density at radius 3 is 2.58 bits per heavy atom. The van der Waals surface area contributed by atoms with Crippen molar-refractivity contribution in [1.82, 2.24) is 20.4 Å². The Bertz CT molecular complexity index is 763. The number of nitrogens with zero attached hydrogens (tertiary/aromatic N) is 3. The zero-order valence-electron chi connectivity index (χ0n) is 15.2. The van der Waals surface area contributed by atoms with E-state index in [0.29, 0.717) is 18.2 Å². The topological polar surface area (TPSA) is 88.3 Å². The molecular formula is C19H24N4O3. The molecule has 1 N–H and O–H groups in total. The van der Waals surface area contributed by atoms with Crippen LogP contribution in [0.2, 0.25) is 0 Å². The van der Waals surface area contributed by atoms with Crippen molar-refractivity contribution in [3.05, 3.63) is 35.7 Å². The summed E-state index contributed by atoms with van der Waals surface area (Å²) in [5.41, 5.74) is 2.01. The second-order valence-corrected chi connectivity index (χ2v) is 6.69. The van der Waals surface area contributed by atoms with Crippen LogP contribution >= 0.6 is 0 Å². The number of aromatic nitrogens is 2. The predicted octanol–water partition coefficient (Wildman–Crippen LogP) is 2.10. The lowest BCUT2D eigenvalue weighted by atomic mass is 10.1. The maximum Gasteiger partial charge on any atom is 0.247 e. The lowest BCUT2D eigenvalue weighted by molar-refractivity contribution is -0.135. The number of aryl methyl sites for hydroxylation is 2. The SMILES string of the molecule is Cc1ccc(-c2nnc(CCC(=O)N[C@@H](C)C(=O)N3CCCC3)o2)cc1. The Kier molecular flexibility index (Phi) is 5.65. The first-order valence-corrected chi connectivity index (χ1v) is 9.00. The molecule has 7 nitrogen and oxygen atoms in total. The average molecular weight is 356 g/mol. The number of carbonyl (C=O) groups is 2. The minimum Gasteiger partial charge on any atom is -0.421 e. The van der Waals surface area contributed by atoms with Gasteiger partial charge in [0.05, 0.1) is 0 Å². The van der Waals surface area contributed by atoms with Crippen molar-refractivity contribution >= 4 is 11.8 Å². The third kappa shape index (κ3) is 4.47. The van der Waals surface area contributed by atoms with Gasteiger partial charge in [-0.3, -0.25) is 9.59 Å². The number of hydrogen-bond acceptors (Lipinski definition) is 5. The van der Waals surface area contributed by atoms with E-state index < -0.39 is 6.04 Å². The smallest absolute Gasteiger partial charge is 0.247 e. The molecule has 1 aromatic carbocycles. The zero-order chi connectivity index (χ0) is 18.5. The first-order chi connectivity index (χ1) is 12.5. The van der Waals surface area contributed by atoms with Crippen LogP contribution < -0.4 is 5.32 Å². The maximum atomic E-state index is 12.2. The standard InChI is InChI=1S/C19H24N4O3/c1-13-5-7-15(8-6-13)18-22-21-17(26-18)10-9-16(24)20-14(2)19(25)23-11-3-4-12-23/h5-8,14H,3-4,9-12H2,1-2H3,(H,20,24)/t14-/m0/s1. The van der Waals surface area contributed by atoms with Crippen LogP contribution in [0, 0.1) is 6.92 Å². The summed E-state index contributed by atoms with van der Waals surface area (Å²) in [6.07, 6.45) is 2.61. The van der Waals surface area contributed by atoms with Crippen LogP contribution in [0.4, 0.5) is 0 Å². The Morgan fingerprint density at radius 1 is 1.19 bits per heavy atom. The largest absolute Gasteiger partial charge is 0.421 e. The van der Waals surface area contributed by atoms with Gasteiger partial charge in [-0.25, -0.2) is 0 Å². The Hall–Kier alpha value is -2.70. The molecule has 0 aliphatic carbocycles. The summed E-state index contributed by atoms with van der Waals surface area (Å²) in [4.78, 5) is 26.1. The molecule has 3 rings (SSSR count). The van der Waals surface area contributed by atoms with Crippen LogP contribution in [0.5, 0.6) is 0 Å². The van der Waals surface area contributed by atoms with Gasteiger partial charge in [0.25, 0.3) is 0 Å². The number of benzene rings is 1. The lowest BCUT2D eigenvalue weighted by Gasteiger charge is -2.21. The summed E-state index contributed by atoms with van der Waals surface area (Å²) in [5, 5.41) is 10.8. The Labute approximate surface area is 152 Å². The second-order valence-electron chi connectivity index (χ2n) is 6.69. The van der Waals surface area contributed by atoms with Crippen LogP contribution in [-0.4, -0.2) is 46.0 Å². The molecule has 1 atom stereocenters. The van der Waals surface area contributed by atoms with Crippen LogP contribution in [0.15, 0.2) is 28.7 Å². The molecule has 2 aromatic rings. The van der Waals surface area contributed by atoms with E-state index in [0.717, 1.165) is 37.1 Å². The monoisotopic (exact) mass is 356 g/mol. The van der Waals surface area contributed by atoms with Crippen LogP contribution in [0.3, 0.4) is 0 Å². The lowest BCUT2D eigenvalue weighted by Crippen LogP contribution is -2.46. The molecular weight excluding hydrogens is 332 g/mol. The molecule has 0 radical (unpaired) electrons. The minimum atomic E-state index is -0.508. The van der Waals surface area contributed by atoms with Crippen LogP contribution in [-0.2, 0) is 16.0 Å². The number of nitrogens with one attached hydrogen (secondary N) is 1. The maximum absolute atomic E-state index is 12.2. The van der Waals surface area contributed by atoms with E-state index in [1.165, 1.54) is 0 Å². The summed E-state index contributed by atoms with van der Waals surface area (Å²) in [7, 11) is 0. The van der Waals surface area contributed by atoms with Crippen molar-refractivity contribution in [1.29, 1.82) is 0 Å². The van der Waals surface area contributed by atoms with E-state index in [9.17, 15) is 9.59 Å². The summed E-state index contributed by atoms with van der Waals surface area (Å²) >= 11 is 0. The van der Waals surface area contributed by atoms with Gasteiger partial charge >= 0.3 is 0 Å². The number of amides is 2. The molecule has 2 heterocycles. The number of hydrogen-bond donors (Lipinski definition) is 1. The van der Waals surface area contributed by atoms with E-state index in [4.69, 9.17) is 4.42 Å². The molecule has 7 heteroatoms. The van der Waals surface area contributed by atoms with Crippen LogP contribution in [0.1, 0.15) is 37.6 Å². The van der Waals surface area contributed by atoms with Gasteiger partial charge < -0.3 is 14.6 Å². The van der Waals surface area contributed by atoms with E-state index in [-0.39, 0.29) is 18.2 Å². The van der Waals surface area contributed by atoms with Crippen molar-refractivity contribution in [2.24, 2.45) is 0 Å². The van der Waals surface area contributed by atoms with E-state index in [1.54, 1.807) is 11.8 Å². The van der Waals surface area contributed by atoms with Gasteiger partial charge in [-0.1, -0.05) is 17.7 Å². The highest BCUT2D eigenvalue weighted by atomic mass is 16.4. The molecule has 0 bridgehead atoms. The van der Waals surface area contributed by atoms with Crippen molar-refractivity contribution in [3.8, 4) is 11.5 Å². The number of rotatable bonds is 6. The molecule has 1 fully saturated rings. The average Bonchev–Trinajstić information content (AvgIpc) is 3.32. The van der Waals surface area contributed by atoms with Crippen molar-refractivity contribution in [2.75, 3.05) is 13.1 Å². The van der Waals surface area contributed by atoms with Crippen LogP contribution in [0.25, 0.3) is 11.5 Å². The van der Waals surface area contributed by atoms with Gasteiger partial charge in [-0.05, 0) is 38.8 Å². The quantitative estimate of drug-likeness (QED) is 0.856. The summed E-state index contributed by atoms with van der Waals surface area (Å²) < 4.78 is 5.62. The fourth-order valence-electron chi connectivity index (χ4n) is 2.97. The molecule has 1 aliphatic heterocycles. The first-order valence-electron chi connectivity index (χ1n) is 9.00. The molecule has 2 amide bonds. The molecule has 138 valence electrons. The molecule has 0 saturated carbocycles. The molecule has 26 heavy (non-hydrogen) atoms. The fraction of sp³-hybridized carbons (Fsp3) is 0.474. The van der Waals surface area contributed by atoms with Gasteiger partial charge in [-0.15, -0.1) is 10.2 Å². The normalized spacial score (nSPS) is 15.1. The van der Waals surface area contributed by atoms with E-state index in [1.807, 2.05) is 31.2 Å². The molecule has 1 aliphatic rings. The van der Waals surface area contributed by atoms with Gasteiger partial charge in [0, 0.05) is 31.5 Å². The summed E-state index contributed by atoms with van der Waals surface area (Å²) in [6, 6.07) is 7.29. The Morgan fingerprint density at radius 2 is 1.88 bits per heavy atom. The third-order valence-electron chi connectivity index (χ3n) is 4.50. The third-order valence-corrected chi connectivity index (χ3v) is 4.50. The fourth-order valence-corrected chi connectivity index (χ4v) is 2.97. The number of carbonyl (C=O) groups excluding carboxylic acids is 2. The zero-order valence-corrected chi connectivity index (χ0v) is 15.2. The molecule has 1 aromatic heterocycles. The van der Waals surface area contributed by atoms with Crippen molar-refractivity contribution < 1.29 is 14.0 Å². The van der Waals surface area contributed by atoms with Gasteiger partial charge in [0.1, 0.15) is 6.04 Å². The Balaban J connectivity index is 1.48. The van der Waals surface area contributed by atoms with Crippen molar-refractivity contribution in [2.45, 2.75) is 45.6 Å². The minimum absolute atomic E-state index is 0.0182. The molecule has 0 spiro atoms. The predicted molar refractivity (Wildman–Crippen MR) is 96.2 cm³/mol. The van der Waals surface area contributed by atoms with E-state index in [2.05, 4.69) is 15.5 Å².